The molecular formula is C32H29BrFN3O6. The number of benzene rings is 4. The Morgan fingerprint density at radius 2 is 1.74 bits per heavy atom. The van der Waals surface area contributed by atoms with E-state index in [9.17, 15) is 9.90 Å². The van der Waals surface area contributed by atoms with Crippen molar-refractivity contribution < 1.29 is 33.1 Å². The molecule has 2 N–H and O–H groups in total. The van der Waals surface area contributed by atoms with Crippen LogP contribution in [0.2, 0.25) is 0 Å². The largest absolute Gasteiger partial charge is 0.488 e. The van der Waals surface area contributed by atoms with E-state index in [2.05, 4.69) is 31.6 Å². The first-order chi connectivity index (χ1) is 21.0. The van der Waals surface area contributed by atoms with Crippen LogP contribution in [0, 0.1) is 5.82 Å². The fourth-order valence-corrected chi connectivity index (χ4v) is 5.03. The zero-order chi connectivity index (χ0) is 30.2. The van der Waals surface area contributed by atoms with Gasteiger partial charge in [-0.25, -0.2) is 9.02 Å². The normalized spacial score (nSPS) is 11.8. The van der Waals surface area contributed by atoms with Gasteiger partial charge in [-0.2, -0.15) is 0 Å². The van der Waals surface area contributed by atoms with Gasteiger partial charge in [-0.05, 0) is 68.1 Å². The van der Waals surface area contributed by atoms with Crippen molar-refractivity contribution in [3.63, 3.8) is 0 Å². The fraction of sp³-hybridized carbons (Fsp3) is 0.219. The lowest BCUT2D eigenvalue weighted by atomic mass is 10.0. The zero-order valence-electron chi connectivity index (χ0n) is 23.3. The van der Waals surface area contributed by atoms with Crippen molar-refractivity contribution in [1.29, 1.82) is 0 Å². The first-order valence-electron chi connectivity index (χ1n) is 13.6. The van der Waals surface area contributed by atoms with Gasteiger partial charge in [-0.3, -0.25) is 10.1 Å². The minimum absolute atomic E-state index is 0.00369. The van der Waals surface area contributed by atoms with Gasteiger partial charge in [0.05, 0.1) is 13.2 Å². The summed E-state index contributed by atoms with van der Waals surface area (Å²) in [5, 5.41) is 20.3. The molecule has 0 amide bonds. The summed E-state index contributed by atoms with van der Waals surface area (Å²) in [4.78, 5) is 12.2. The van der Waals surface area contributed by atoms with Gasteiger partial charge in [-0.1, -0.05) is 54.6 Å². The molecule has 0 aliphatic rings. The molecule has 0 aliphatic carbocycles. The summed E-state index contributed by atoms with van der Waals surface area (Å²) in [6.07, 6.45) is 0. The van der Waals surface area contributed by atoms with Crippen molar-refractivity contribution >= 4 is 32.9 Å². The number of aliphatic hydroxyl groups excluding tert-OH is 1. The molecule has 5 aromatic rings. The summed E-state index contributed by atoms with van der Waals surface area (Å²) in [5.41, 5.74) is 5.27. The molecule has 9 nitrogen and oxygen atoms in total. The minimum atomic E-state index is -0.983. The predicted octanol–water partition coefficient (Wildman–Crippen LogP) is 5.96. The third kappa shape index (κ3) is 7.37. The Morgan fingerprint density at radius 3 is 2.53 bits per heavy atom. The van der Waals surface area contributed by atoms with Gasteiger partial charge in [0.1, 0.15) is 36.0 Å². The standard InChI is InChI=1S/C32H29BrFN3O6/c1-2-40-32(39)28(17-38)35-16-23-14-25(34)30(15-29(23)41-18-20-11-12-26-27(13-20)37-43-36-26)42-19-22-9-6-10-24(31(22)33)21-7-4-3-5-8-21/h3-15,28,35,38H,2,16-19H2,1H3/t28-/m1/s1. The lowest BCUT2D eigenvalue weighted by molar-refractivity contribution is -0.146. The average molecular weight is 651 g/mol. The highest BCUT2D eigenvalue weighted by Gasteiger charge is 2.20. The van der Waals surface area contributed by atoms with Crippen LogP contribution in [0.5, 0.6) is 11.5 Å². The molecule has 0 saturated heterocycles. The molecule has 5 rings (SSSR count). The number of nitrogens with zero attached hydrogens (tertiary/aromatic N) is 2. The molecule has 222 valence electrons. The van der Waals surface area contributed by atoms with Crippen LogP contribution in [0.15, 0.2) is 88.0 Å². The summed E-state index contributed by atoms with van der Waals surface area (Å²) in [6.45, 7) is 1.61. The number of hydrogen-bond acceptors (Lipinski definition) is 9. The third-order valence-corrected chi connectivity index (χ3v) is 7.60. The van der Waals surface area contributed by atoms with E-state index in [-0.39, 0.29) is 32.1 Å². The summed E-state index contributed by atoms with van der Waals surface area (Å²) in [6, 6.07) is 22.9. The lowest BCUT2D eigenvalue weighted by Gasteiger charge is -2.18. The van der Waals surface area contributed by atoms with E-state index < -0.39 is 24.4 Å². The Kier molecular flexibility index (Phi) is 9.98. The maximum absolute atomic E-state index is 15.4. The van der Waals surface area contributed by atoms with Crippen molar-refractivity contribution in [2.24, 2.45) is 0 Å². The van der Waals surface area contributed by atoms with Crippen LogP contribution in [-0.4, -0.2) is 40.6 Å². The number of rotatable bonds is 13. The highest BCUT2D eigenvalue weighted by molar-refractivity contribution is 9.10. The number of ether oxygens (including phenoxy) is 3. The van der Waals surface area contributed by atoms with Gasteiger partial charge in [0.25, 0.3) is 0 Å². The number of carbonyl (C=O) groups is 1. The van der Waals surface area contributed by atoms with Crippen LogP contribution < -0.4 is 14.8 Å². The second-order valence-corrected chi connectivity index (χ2v) is 10.4. The molecule has 1 atom stereocenters. The fourth-order valence-electron chi connectivity index (χ4n) is 4.42. The Balaban J connectivity index is 1.38. The van der Waals surface area contributed by atoms with E-state index in [0.29, 0.717) is 22.3 Å². The molecule has 43 heavy (non-hydrogen) atoms. The van der Waals surface area contributed by atoms with Gasteiger partial charge in [0.2, 0.25) is 0 Å². The first kappa shape index (κ1) is 30.1. The maximum Gasteiger partial charge on any atom is 0.325 e. The SMILES string of the molecule is CCOC(=O)[C@@H](CO)NCc1cc(F)c(OCc2cccc(-c3ccccc3)c2Br)cc1OCc1ccc2nonc2c1. The van der Waals surface area contributed by atoms with Gasteiger partial charge < -0.3 is 19.3 Å². The Bertz CT molecular complexity index is 1700. The first-order valence-corrected chi connectivity index (χ1v) is 14.4. The second kappa shape index (κ2) is 14.2. The zero-order valence-corrected chi connectivity index (χ0v) is 24.8. The lowest BCUT2D eigenvalue weighted by Crippen LogP contribution is -2.40. The van der Waals surface area contributed by atoms with Gasteiger partial charge in [-0.15, -0.1) is 0 Å². The number of fused-ring (bicyclic) bond motifs is 1. The van der Waals surface area contributed by atoms with E-state index in [0.717, 1.165) is 26.7 Å². The van der Waals surface area contributed by atoms with Crippen molar-refractivity contribution in [3.8, 4) is 22.6 Å². The van der Waals surface area contributed by atoms with Crippen LogP contribution in [0.25, 0.3) is 22.2 Å². The van der Waals surface area contributed by atoms with E-state index in [4.69, 9.17) is 18.8 Å². The monoisotopic (exact) mass is 649 g/mol. The number of aromatic nitrogens is 2. The molecule has 0 radical (unpaired) electrons. The van der Waals surface area contributed by atoms with E-state index in [1.807, 2.05) is 54.6 Å². The van der Waals surface area contributed by atoms with Crippen LogP contribution in [0.3, 0.4) is 0 Å². The highest BCUT2D eigenvalue weighted by Crippen LogP contribution is 2.34. The molecule has 11 heteroatoms. The highest BCUT2D eigenvalue weighted by atomic mass is 79.9. The minimum Gasteiger partial charge on any atom is -0.488 e. The molecular weight excluding hydrogens is 621 g/mol. The molecule has 0 unspecified atom stereocenters. The number of nitrogens with one attached hydrogen (secondary N) is 1. The predicted molar refractivity (Wildman–Crippen MR) is 161 cm³/mol. The molecule has 1 aromatic heterocycles. The third-order valence-electron chi connectivity index (χ3n) is 6.67. The molecule has 0 aliphatic heterocycles. The Hall–Kier alpha value is -4.32. The second-order valence-electron chi connectivity index (χ2n) is 9.57. The topological polar surface area (TPSA) is 116 Å². The van der Waals surface area contributed by atoms with Crippen LogP contribution in [0.4, 0.5) is 4.39 Å². The van der Waals surface area contributed by atoms with Gasteiger partial charge in [0, 0.05) is 28.2 Å². The molecule has 0 saturated carbocycles. The Labute approximate surface area is 255 Å². The number of aliphatic hydroxyl groups is 1. The van der Waals surface area contributed by atoms with E-state index in [1.54, 1.807) is 19.1 Å². The summed E-state index contributed by atoms with van der Waals surface area (Å²) in [5.74, 6) is -0.882. The maximum atomic E-state index is 15.4. The van der Waals surface area contributed by atoms with Gasteiger partial charge >= 0.3 is 5.97 Å². The van der Waals surface area contributed by atoms with E-state index >= 15 is 4.39 Å². The van der Waals surface area contributed by atoms with Crippen LogP contribution in [-0.2, 0) is 29.3 Å². The summed E-state index contributed by atoms with van der Waals surface area (Å²) >= 11 is 3.68. The van der Waals surface area contributed by atoms with Crippen molar-refractivity contribution in [2.75, 3.05) is 13.2 Å². The summed E-state index contributed by atoms with van der Waals surface area (Å²) < 4.78 is 38.1. The van der Waals surface area contributed by atoms with Crippen molar-refractivity contribution in [1.82, 2.24) is 15.6 Å². The van der Waals surface area contributed by atoms with Crippen LogP contribution in [0.1, 0.15) is 23.6 Å². The molecule has 0 fully saturated rings. The molecule has 1 heterocycles. The number of carbonyl (C=O) groups excluding carboxylic acids is 1. The van der Waals surface area contributed by atoms with Crippen molar-refractivity contribution in [3.05, 3.63) is 106 Å². The van der Waals surface area contributed by atoms with Gasteiger partial charge in [0.15, 0.2) is 11.6 Å². The van der Waals surface area contributed by atoms with Crippen molar-refractivity contribution in [2.45, 2.75) is 32.7 Å². The Morgan fingerprint density at radius 1 is 0.953 bits per heavy atom. The smallest absolute Gasteiger partial charge is 0.325 e. The molecule has 0 spiro atoms. The average Bonchev–Trinajstić information content (AvgIpc) is 3.49. The van der Waals surface area contributed by atoms with Crippen LogP contribution >= 0.6 is 15.9 Å². The molecule has 4 aromatic carbocycles. The number of halogens is 2. The number of esters is 1. The summed E-state index contributed by atoms with van der Waals surface area (Å²) in [7, 11) is 0. The molecule has 0 bridgehead atoms. The number of hydrogen-bond donors (Lipinski definition) is 2. The van der Waals surface area contributed by atoms with E-state index in [1.165, 1.54) is 12.1 Å². The quantitative estimate of drug-likeness (QED) is 0.149.